The summed E-state index contributed by atoms with van der Waals surface area (Å²) >= 11 is 0. The number of halogens is 1. The normalized spacial score (nSPS) is 16.2. The second kappa shape index (κ2) is 7.50. The highest BCUT2D eigenvalue weighted by atomic mass is 19.1. The summed E-state index contributed by atoms with van der Waals surface area (Å²) in [7, 11) is 0. The van der Waals surface area contributed by atoms with E-state index in [1.165, 1.54) is 15.6 Å². The van der Waals surface area contributed by atoms with Crippen LogP contribution < -0.4 is 5.32 Å². The molecule has 1 atom stereocenters. The zero-order valence-electron chi connectivity index (χ0n) is 16.1. The maximum Gasteiger partial charge on any atom is 0.275 e. The van der Waals surface area contributed by atoms with Crippen LogP contribution in [-0.4, -0.2) is 44.2 Å². The molecule has 4 rings (SSSR count). The Morgan fingerprint density at radius 2 is 2.03 bits per heavy atom. The first kappa shape index (κ1) is 18.9. The summed E-state index contributed by atoms with van der Waals surface area (Å²) in [4.78, 5) is 27.2. The van der Waals surface area contributed by atoms with Crippen LogP contribution in [0, 0.1) is 19.7 Å². The van der Waals surface area contributed by atoms with Gasteiger partial charge in [-0.1, -0.05) is 17.3 Å². The number of anilines is 1. The van der Waals surface area contributed by atoms with Gasteiger partial charge in [0.05, 0.1) is 0 Å². The standard InChI is InChI=1S/C20H20FN5O3/c1-12-10-15(23-26(12)16-7-4-3-6-14(16)21)20(28)25-9-5-8-17(25)19(27)22-18-11-13(2)29-24-18/h3-4,6-7,10-11,17H,5,8-9H2,1-2H3,(H,22,24,27). The lowest BCUT2D eigenvalue weighted by Gasteiger charge is -2.22. The van der Waals surface area contributed by atoms with Crippen LogP contribution in [0.5, 0.6) is 0 Å². The number of hydrogen-bond donors (Lipinski definition) is 1. The topological polar surface area (TPSA) is 93.3 Å². The molecule has 1 N–H and O–H groups in total. The Bertz CT molecular complexity index is 1070. The Kier molecular flexibility index (Phi) is 4.87. The molecule has 1 aliphatic heterocycles. The van der Waals surface area contributed by atoms with Crippen LogP contribution in [0.1, 0.15) is 34.8 Å². The maximum absolute atomic E-state index is 14.1. The van der Waals surface area contributed by atoms with Gasteiger partial charge in [-0.05, 0) is 44.9 Å². The summed E-state index contributed by atoms with van der Waals surface area (Å²) in [6.45, 7) is 3.92. The molecule has 2 amide bonds. The molecule has 3 heterocycles. The van der Waals surface area contributed by atoms with Gasteiger partial charge in [0.2, 0.25) is 5.91 Å². The second-order valence-electron chi connectivity index (χ2n) is 7.00. The van der Waals surface area contributed by atoms with Crippen molar-refractivity contribution in [2.24, 2.45) is 0 Å². The van der Waals surface area contributed by atoms with Gasteiger partial charge in [-0.2, -0.15) is 5.10 Å². The SMILES string of the molecule is Cc1cc(NC(=O)C2CCCN2C(=O)c2cc(C)n(-c3ccccc3F)n2)no1. The largest absolute Gasteiger partial charge is 0.360 e. The van der Waals surface area contributed by atoms with E-state index in [-0.39, 0.29) is 23.2 Å². The van der Waals surface area contributed by atoms with Gasteiger partial charge < -0.3 is 14.7 Å². The predicted molar refractivity (Wildman–Crippen MR) is 102 cm³/mol. The lowest BCUT2D eigenvalue weighted by molar-refractivity contribution is -0.119. The average molecular weight is 397 g/mol. The monoisotopic (exact) mass is 397 g/mol. The fraction of sp³-hybridized carbons (Fsp3) is 0.300. The lowest BCUT2D eigenvalue weighted by Crippen LogP contribution is -2.43. The number of carbonyl (C=O) groups excluding carboxylic acids is 2. The molecule has 0 aliphatic carbocycles. The van der Waals surface area contributed by atoms with Crippen molar-refractivity contribution in [2.45, 2.75) is 32.7 Å². The number of aryl methyl sites for hydroxylation is 2. The van der Waals surface area contributed by atoms with Gasteiger partial charge in [0.1, 0.15) is 23.3 Å². The van der Waals surface area contributed by atoms with Gasteiger partial charge in [-0.3, -0.25) is 9.59 Å². The summed E-state index contributed by atoms with van der Waals surface area (Å²) in [5, 5.41) is 10.7. The van der Waals surface area contributed by atoms with Gasteiger partial charge in [-0.25, -0.2) is 9.07 Å². The number of nitrogens with zero attached hydrogens (tertiary/aromatic N) is 4. The van der Waals surface area contributed by atoms with Crippen molar-refractivity contribution in [2.75, 3.05) is 11.9 Å². The van der Waals surface area contributed by atoms with Gasteiger partial charge in [-0.15, -0.1) is 0 Å². The van der Waals surface area contributed by atoms with Crippen LogP contribution >= 0.6 is 0 Å². The van der Waals surface area contributed by atoms with Crippen LogP contribution in [0.2, 0.25) is 0 Å². The third kappa shape index (κ3) is 3.63. The number of carbonyl (C=O) groups is 2. The number of para-hydroxylation sites is 1. The zero-order valence-corrected chi connectivity index (χ0v) is 16.1. The van der Waals surface area contributed by atoms with Gasteiger partial charge >= 0.3 is 0 Å². The molecule has 0 radical (unpaired) electrons. The highest BCUT2D eigenvalue weighted by Crippen LogP contribution is 2.23. The second-order valence-corrected chi connectivity index (χ2v) is 7.00. The summed E-state index contributed by atoms with van der Waals surface area (Å²) in [5.41, 5.74) is 1.06. The Labute approximate surface area is 166 Å². The molecule has 1 aromatic carbocycles. The summed E-state index contributed by atoms with van der Waals surface area (Å²) in [6.07, 6.45) is 1.25. The summed E-state index contributed by atoms with van der Waals surface area (Å²) in [6, 6.07) is 8.81. The van der Waals surface area contributed by atoms with Crippen LogP contribution in [0.15, 0.2) is 40.9 Å². The minimum Gasteiger partial charge on any atom is -0.360 e. The first-order valence-electron chi connectivity index (χ1n) is 9.31. The first-order valence-corrected chi connectivity index (χ1v) is 9.31. The van der Waals surface area contributed by atoms with E-state index < -0.39 is 11.9 Å². The fourth-order valence-electron chi connectivity index (χ4n) is 3.51. The van der Waals surface area contributed by atoms with Crippen LogP contribution in [0.3, 0.4) is 0 Å². The highest BCUT2D eigenvalue weighted by Gasteiger charge is 2.36. The molecule has 29 heavy (non-hydrogen) atoms. The van der Waals surface area contributed by atoms with E-state index in [0.29, 0.717) is 36.7 Å². The molecule has 1 saturated heterocycles. The van der Waals surface area contributed by atoms with E-state index in [9.17, 15) is 14.0 Å². The van der Waals surface area contributed by atoms with Crippen molar-refractivity contribution in [1.29, 1.82) is 0 Å². The van der Waals surface area contributed by atoms with Crippen molar-refractivity contribution in [3.8, 4) is 5.69 Å². The molecule has 1 unspecified atom stereocenters. The Morgan fingerprint density at radius 1 is 1.24 bits per heavy atom. The molecule has 1 aliphatic rings. The molecular formula is C20H20FN5O3. The number of rotatable bonds is 4. The van der Waals surface area contributed by atoms with E-state index in [0.717, 1.165) is 0 Å². The molecule has 150 valence electrons. The minimum atomic E-state index is -0.626. The number of benzene rings is 1. The number of likely N-dealkylation sites (tertiary alicyclic amines) is 1. The molecule has 0 spiro atoms. The van der Waals surface area contributed by atoms with E-state index in [2.05, 4.69) is 15.6 Å². The van der Waals surface area contributed by atoms with Crippen molar-refractivity contribution in [1.82, 2.24) is 19.8 Å². The minimum absolute atomic E-state index is 0.169. The van der Waals surface area contributed by atoms with Crippen LogP contribution in [0.4, 0.5) is 10.2 Å². The Hall–Kier alpha value is -3.49. The van der Waals surface area contributed by atoms with E-state index in [4.69, 9.17) is 4.52 Å². The number of aromatic nitrogens is 3. The third-order valence-corrected chi connectivity index (χ3v) is 4.88. The van der Waals surface area contributed by atoms with Gasteiger partial charge in [0, 0.05) is 18.3 Å². The number of amides is 2. The zero-order chi connectivity index (χ0) is 20.5. The molecule has 9 heteroatoms. The fourth-order valence-corrected chi connectivity index (χ4v) is 3.51. The quantitative estimate of drug-likeness (QED) is 0.731. The van der Waals surface area contributed by atoms with Crippen molar-refractivity contribution in [3.05, 3.63) is 59.4 Å². The number of hydrogen-bond acceptors (Lipinski definition) is 5. The average Bonchev–Trinajstić information content (AvgIpc) is 3.42. The molecular weight excluding hydrogens is 377 g/mol. The van der Waals surface area contributed by atoms with Crippen molar-refractivity contribution >= 4 is 17.6 Å². The molecule has 0 bridgehead atoms. The number of nitrogens with one attached hydrogen (secondary N) is 1. The molecule has 3 aromatic rings. The summed E-state index contributed by atoms with van der Waals surface area (Å²) in [5.74, 6) is -0.231. The van der Waals surface area contributed by atoms with Crippen molar-refractivity contribution < 1.29 is 18.5 Å². The first-order chi connectivity index (χ1) is 13.9. The van der Waals surface area contributed by atoms with E-state index in [1.807, 2.05) is 0 Å². The van der Waals surface area contributed by atoms with E-state index >= 15 is 0 Å². The maximum atomic E-state index is 14.1. The molecule has 0 saturated carbocycles. The molecule has 1 fully saturated rings. The van der Waals surface area contributed by atoms with Crippen molar-refractivity contribution in [3.63, 3.8) is 0 Å². The van der Waals surface area contributed by atoms with Crippen LogP contribution in [0.25, 0.3) is 5.69 Å². The smallest absolute Gasteiger partial charge is 0.275 e. The molecule has 8 nitrogen and oxygen atoms in total. The highest BCUT2D eigenvalue weighted by molar-refractivity contribution is 6.00. The molecule has 2 aromatic heterocycles. The Morgan fingerprint density at radius 3 is 2.76 bits per heavy atom. The summed E-state index contributed by atoms with van der Waals surface area (Å²) < 4.78 is 20.5. The van der Waals surface area contributed by atoms with E-state index in [1.54, 1.807) is 44.2 Å². The predicted octanol–water partition coefficient (Wildman–Crippen LogP) is 2.86. The lowest BCUT2D eigenvalue weighted by atomic mass is 10.2. The Balaban J connectivity index is 1.55. The van der Waals surface area contributed by atoms with Gasteiger partial charge in [0.25, 0.3) is 5.91 Å². The third-order valence-electron chi connectivity index (χ3n) is 4.88. The van der Waals surface area contributed by atoms with Crippen LogP contribution in [-0.2, 0) is 4.79 Å². The van der Waals surface area contributed by atoms with Gasteiger partial charge in [0.15, 0.2) is 11.5 Å².